The Labute approximate surface area is 103 Å². The van der Waals surface area contributed by atoms with Crippen molar-refractivity contribution >= 4 is 29.2 Å². The molecule has 17 heavy (non-hydrogen) atoms. The van der Waals surface area contributed by atoms with Gasteiger partial charge in [-0.3, -0.25) is 9.69 Å². The normalized spacial score (nSPS) is 23.4. The molecule has 1 fully saturated rings. The summed E-state index contributed by atoms with van der Waals surface area (Å²) in [6.07, 6.45) is -0.914. The number of hydrogen-bond acceptors (Lipinski definition) is 3. The smallest absolute Gasteiger partial charge is 0.330 e. The molecule has 1 aromatic carbocycles. The molecule has 1 amide bonds. The fraction of sp³-hybridized carbons (Fsp3) is 0.273. The van der Waals surface area contributed by atoms with Gasteiger partial charge in [-0.05, 0) is 24.3 Å². The minimum atomic E-state index is -1.09. The highest BCUT2D eigenvalue weighted by Crippen LogP contribution is 2.30. The van der Waals surface area contributed by atoms with E-state index in [1.165, 1.54) is 12.0 Å². The first-order valence-corrected chi connectivity index (χ1v) is 5.28. The van der Waals surface area contributed by atoms with Gasteiger partial charge >= 0.3 is 5.97 Å². The van der Waals surface area contributed by atoms with Crippen LogP contribution in [0.1, 0.15) is 0 Å². The highest BCUT2D eigenvalue weighted by Gasteiger charge is 2.53. The van der Waals surface area contributed by atoms with E-state index in [0.29, 0.717) is 10.7 Å². The summed E-state index contributed by atoms with van der Waals surface area (Å²) in [5, 5.41) is 9.56. The number of methoxy groups -OCH3 is 1. The summed E-state index contributed by atoms with van der Waals surface area (Å²) in [5.41, 5.74) is 0.500. The van der Waals surface area contributed by atoms with Gasteiger partial charge in [-0.1, -0.05) is 11.6 Å². The van der Waals surface area contributed by atoms with Gasteiger partial charge in [-0.2, -0.15) is 0 Å². The van der Waals surface area contributed by atoms with Gasteiger partial charge in [-0.15, -0.1) is 0 Å². The first-order chi connectivity index (χ1) is 8.06. The van der Waals surface area contributed by atoms with E-state index in [-0.39, 0.29) is 5.91 Å². The molecule has 1 aliphatic heterocycles. The van der Waals surface area contributed by atoms with Crippen LogP contribution in [0.4, 0.5) is 5.69 Å². The number of hydrogen-bond donors (Lipinski definition) is 1. The van der Waals surface area contributed by atoms with Gasteiger partial charge in [0.05, 0.1) is 0 Å². The molecule has 0 saturated carbocycles. The third-order valence-electron chi connectivity index (χ3n) is 2.66. The van der Waals surface area contributed by atoms with Crippen molar-refractivity contribution in [2.75, 3.05) is 12.0 Å². The lowest BCUT2D eigenvalue weighted by molar-refractivity contribution is -0.155. The molecule has 6 heteroatoms. The zero-order chi connectivity index (χ0) is 12.6. The van der Waals surface area contributed by atoms with E-state index in [0.717, 1.165) is 0 Å². The van der Waals surface area contributed by atoms with Crippen LogP contribution >= 0.6 is 11.6 Å². The van der Waals surface area contributed by atoms with Crippen molar-refractivity contribution in [3.05, 3.63) is 29.3 Å². The minimum Gasteiger partial charge on any atom is -0.480 e. The number of benzene rings is 1. The molecular weight excluding hydrogens is 246 g/mol. The number of nitrogens with zero attached hydrogens (tertiary/aromatic N) is 1. The number of aliphatic carboxylic acids is 1. The van der Waals surface area contributed by atoms with Crippen molar-refractivity contribution in [1.82, 2.24) is 0 Å². The Morgan fingerprint density at radius 2 is 2.00 bits per heavy atom. The summed E-state index contributed by atoms with van der Waals surface area (Å²) in [7, 11) is 1.32. The van der Waals surface area contributed by atoms with Crippen LogP contribution in [0.2, 0.25) is 5.02 Å². The average molecular weight is 256 g/mol. The van der Waals surface area contributed by atoms with Gasteiger partial charge in [-0.25, -0.2) is 4.79 Å². The number of carboxylic acid groups (broad SMARTS) is 1. The first kappa shape index (κ1) is 11.9. The Hall–Kier alpha value is -1.59. The molecule has 90 valence electrons. The largest absolute Gasteiger partial charge is 0.480 e. The molecule has 1 heterocycles. The van der Waals surface area contributed by atoms with E-state index in [1.807, 2.05) is 0 Å². The quantitative estimate of drug-likeness (QED) is 0.823. The molecule has 1 aliphatic rings. The molecule has 0 bridgehead atoms. The summed E-state index contributed by atoms with van der Waals surface area (Å²) in [6, 6.07) is 5.42. The second-order valence-electron chi connectivity index (χ2n) is 3.62. The van der Waals surface area contributed by atoms with E-state index in [4.69, 9.17) is 21.4 Å². The maximum atomic E-state index is 11.7. The van der Waals surface area contributed by atoms with E-state index >= 15 is 0 Å². The van der Waals surface area contributed by atoms with Gasteiger partial charge < -0.3 is 9.84 Å². The molecule has 0 radical (unpaired) electrons. The number of carbonyl (C=O) groups is 2. The van der Waals surface area contributed by atoms with Crippen LogP contribution in [0, 0.1) is 0 Å². The first-order valence-electron chi connectivity index (χ1n) is 4.90. The lowest BCUT2D eigenvalue weighted by Gasteiger charge is -2.43. The van der Waals surface area contributed by atoms with Crippen LogP contribution < -0.4 is 4.90 Å². The second kappa shape index (κ2) is 4.35. The van der Waals surface area contributed by atoms with E-state index in [2.05, 4.69) is 0 Å². The van der Waals surface area contributed by atoms with Crippen molar-refractivity contribution in [1.29, 1.82) is 0 Å². The Morgan fingerprint density at radius 3 is 2.47 bits per heavy atom. The molecule has 0 unspecified atom stereocenters. The maximum absolute atomic E-state index is 11.7. The molecular formula is C11H10ClNO4. The van der Waals surface area contributed by atoms with Crippen LogP contribution in [0.15, 0.2) is 24.3 Å². The minimum absolute atomic E-state index is 0.359. The molecule has 2 rings (SSSR count). The van der Waals surface area contributed by atoms with Gasteiger partial charge in [0.25, 0.3) is 5.91 Å². The average Bonchev–Trinajstić information content (AvgIpc) is 2.28. The number of amides is 1. The van der Waals surface area contributed by atoms with Gasteiger partial charge in [0.2, 0.25) is 0 Å². The third-order valence-corrected chi connectivity index (χ3v) is 2.91. The summed E-state index contributed by atoms with van der Waals surface area (Å²) < 4.78 is 4.85. The maximum Gasteiger partial charge on any atom is 0.330 e. The second-order valence-corrected chi connectivity index (χ2v) is 4.06. The summed E-state index contributed by atoms with van der Waals surface area (Å²) in [5.74, 6) is -1.45. The molecule has 5 nitrogen and oxygen atoms in total. The van der Waals surface area contributed by atoms with E-state index < -0.39 is 18.1 Å². The molecule has 1 saturated heterocycles. The topological polar surface area (TPSA) is 66.8 Å². The fourth-order valence-corrected chi connectivity index (χ4v) is 1.95. The van der Waals surface area contributed by atoms with E-state index in [1.54, 1.807) is 24.3 Å². The van der Waals surface area contributed by atoms with Crippen LogP contribution in [-0.4, -0.2) is 36.2 Å². The summed E-state index contributed by atoms with van der Waals surface area (Å²) in [4.78, 5) is 23.9. The molecule has 0 aromatic heterocycles. The number of carboxylic acids is 1. The Kier molecular flexibility index (Phi) is 3.04. The number of ether oxygens (including phenoxy) is 1. The Morgan fingerprint density at radius 1 is 1.41 bits per heavy atom. The van der Waals surface area contributed by atoms with Gasteiger partial charge in [0.15, 0.2) is 12.1 Å². The zero-order valence-electron chi connectivity index (χ0n) is 8.96. The number of β-lactam (4-membered cyclic amide) rings is 1. The third kappa shape index (κ3) is 1.87. The Balaban J connectivity index is 2.29. The van der Waals surface area contributed by atoms with E-state index in [9.17, 15) is 9.59 Å². The number of rotatable bonds is 3. The lowest BCUT2D eigenvalue weighted by atomic mass is 9.97. The molecule has 2 atom stereocenters. The molecule has 1 aromatic rings. The van der Waals surface area contributed by atoms with Crippen molar-refractivity contribution in [2.45, 2.75) is 12.1 Å². The molecule has 0 spiro atoms. The summed E-state index contributed by atoms with van der Waals surface area (Å²) >= 11 is 5.72. The van der Waals surface area contributed by atoms with Crippen LogP contribution in [0.3, 0.4) is 0 Å². The number of carbonyl (C=O) groups excluding carboxylic acids is 1. The van der Waals surface area contributed by atoms with Crippen molar-refractivity contribution in [2.24, 2.45) is 0 Å². The zero-order valence-corrected chi connectivity index (χ0v) is 9.72. The van der Waals surface area contributed by atoms with Crippen LogP contribution in [0.5, 0.6) is 0 Å². The predicted molar refractivity (Wildman–Crippen MR) is 61.2 cm³/mol. The van der Waals surface area contributed by atoms with Gasteiger partial charge in [0.1, 0.15) is 0 Å². The molecule has 1 N–H and O–H groups in total. The van der Waals surface area contributed by atoms with Crippen molar-refractivity contribution in [3.63, 3.8) is 0 Å². The monoisotopic (exact) mass is 255 g/mol. The standard InChI is InChI=1S/C11H10ClNO4/c1-17-9-8(11(15)16)13(10(9)14)7-4-2-6(12)3-5-7/h2-5,8-9H,1H3,(H,15,16)/t8-,9-/m1/s1. The van der Waals surface area contributed by atoms with Gasteiger partial charge in [0, 0.05) is 17.8 Å². The predicted octanol–water partition coefficient (Wildman–Crippen LogP) is 1.15. The number of anilines is 1. The lowest BCUT2D eigenvalue weighted by Crippen LogP contribution is -2.69. The van der Waals surface area contributed by atoms with Crippen molar-refractivity contribution < 1.29 is 19.4 Å². The highest BCUT2D eigenvalue weighted by atomic mass is 35.5. The van der Waals surface area contributed by atoms with Crippen LogP contribution in [-0.2, 0) is 14.3 Å². The number of halogens is 1. The summed E-state index contributed by atoms with van der Waals surface area (Å²) in [6.45, 7) is 0. The van der Waals surface area contributed by atoms with Crippen LogP contribution in [0.25, 0.3) is 0 Å². The SMILES string of the molecule is CO[C@H]1C(=O)N(c2ccc(Cl)cc2)[C@H]1C(=O)O. The van der Waals surface area contributed by atoms with Crippen molar-refractivity contribution in [3.8, 4) is 0 Å². The Bertz CT molecular complexity index is 459. The fourth-order valence-electron chi connectivity index (χ4n) is 1.82. The molecule has 0 aliphatic carbocycles. The highest BCUT2D eigenvalue weighted by molar-refractivity contribution is 6.30.